The minimum atomic E-state index is -0.169. The molecule has 1 N–H and O–H groups in total. The van der Waals surface area contributed by atoms with Crippen molar-refractivity contribution in [2.75, 3.05) is 6.54 Å². The number of amides is 1. The van der Waals surface area contributed by atoms with E-state index in [1.165, 1.54) is 0 Å². The van der Waals surface area contributed by atoms with E-state index < -0.39 is 0 Å². The number of halogens is 1. The molecule has 0 aliphatic carbocycles. The van der Waals surface area contributed by atoms with Crippen LogP contribution in [0.15, 0.2) is 24.4 Å². The molecule has 0 aromatic carbocycles. The molecule has 0 bridgehead atoms. The highest BCUT2D eigenvalue weighted by Crippen LogP contribution is 2.03. The van der Waals surface area contributed by atoms with Crippen molar-refractivity contribution in [2.45, 2.75) is 25.1 Å². The minimum Gasteiger partial charge on any atom is -0.349 e. The number of aromatic nitrogens is 1. The molecule has 1 atom stereocenters. The summed E-state index contributed by atoms with van der Waals surface area (Å²) in [6.07, 6.45) is 3.52. The Morgan fingerprint density at radius 3 is 3.00 bits per heavy atom. The normalized spacial score (nSPS) is 12.1. The van der Waals surface area contributed by atoms with E-state index in [0.29, 0.717) is 12.2 Å². The number of carbonyl (C=O) groups is 1. The van der Waals surface area contributed by atoms with Crippen molar-refractivity contribution in [2.24, 2.45) is 0 Å². The standard InChI is InChI=1S/C11H15ClN2O/c1-2-5-9(12)8-14-11(15)10-6-3-4-7-13-10/h3-4,6-7,9H,2,5,8H2,1H3,(H,14,15). The number of pyridine rings is 1. The summed E-state index contributed by atoms with van der Waals surface area (Å²) in [7, 11) is 0. The van der Waals surface area contributed by atoms with Crippen LogP contribution in [0, 0.1) is 0 Å². The highest BCUT2D eigenvalue weighted by molar-refractivity contribution is 6.20. The third-order valence-corrected chi connectivity index (χ3v) is 2.36. The van der Waals surface area contributed by atoms with E-state index in [-0.39, 0.29) is 11.3 Å². The summed E-state index contributed by atoms with van der Waals surface area (Å²) in [5.41, 5.74) is 0.429. The van der Waals surface area contributed by atoms with Crippen molar-refractivity contribution in [1.82, 2.24) is 10.3 Å². The molecule has 0 saturated carbocycles. The summed E-state index contributed by atoms with van der Waals surface area (Å²) < 4.78 is 0. The maximum Gasteiger partial charge on any atom is 0.269 e. The zero-order valence-corrected chi connectivity index (χ0v) is 9.50. The fourth-order valence-electron chi connectivity index (χ4n) is 1.21. The first-order valence-electron chi connectivity index (χ1n) is 5.07. The SMILES string of the molecule is CCCC(Cl)CNC(=O)c1ccccn1. The molecule has 0 aliphatic rings. The van der Waals surface area contributed by atoms with Gasteiger partial charge in [-0.1, -0.05) is 19.4 Å². The van der Waals surface area contributed by atoms with Gasteiger partial charge in [0.25, 0.3) is 5.91 Å². The smallest absolute Gasteiger partial charge is 0.269 e. The van der Waals surface area contributed by atoms with Gasteiger partial charge in [-0.15, -0.1) is 11.6 Å². The van der Waals surface area contributed by atoms with Crippen LogP contribution in [0.4, 0.5) is 0 Å². The Morgan fingerprint density at radius 1 is 1.60 bits per heavy atom. The van der Waals surface area contributed by atoms with Gasteiger partial charge < -0.3 is 5.32 Å². The van der Waals surface area contributed by atoms with Crippen molar-refractivity contribution >= 4 is 17.5 Å². The summed E-state index contributed by atoms with van der Waals surface area (Å²) in [6.45, 7) is 2.56. The van der Waals surface area contributed by atoms with E-state index in [1.54, 1.807) is 24.4 Å². The molecule has 1 aromatic rings. The molecule has 1 aromatic heterocycles. The van der Waals surface area contributed by atoms with E-state index in [1.807, 2.05) is 0 Å². The molecule has 0 saturated heterocycles. The lowest BCUT2D eigenvalue weighted by atomic mass is 10.2. The van der Waals surface area contributed by atoms with Crippen LogP contribution in [0.3, 0.4) is 0 Å². The van der Waals surface area contributed by atoms with Crippen LogP contribution in [-0.2, 0) is 0 Å². The lowest BCUT2D eigenvalue weighted by Crippen LogP contribution is -2.30. The van der Waals surface area contributed by atoms with Crippen LogP contribution in [0.1, 0.15) is 30.3 Å². The molecule has 1 heterocycles. The van der Waals surface area contributed by atoms with Crippen LogP contribution < -0.4 is 5.32 Å². The van der Waals surface area contributed by atoms with Crippen LogP contribution in [-0.4, -0.2) is 22.8 Å². The average Bonchev–Trinajstić information content (AvgIpc) is 2.27. The summed E-state index contributed by atoms with van der Waals surface area (Å²) >= 11 is 5.98. The molecular formula is C11H15ClN2O. The number of carbonyl (C=O) groups excluding carboxylic acids is 1. The third-order valence-electron chi connectivity index (χ3n) is 1.98. The molecule has 0 aliphatic heterocycles. The molecular weight excluding hydrogens is 212 g/mol. The number of nitrogens with zero attached hydrogens (tertiary/aromatic N) is 1. The first-order chi connectivity index (χ1) is 7.24. The largest absolute Gasteiger partial charge is 0.349 e. The third kappa shape index (κ3) is 4.30. The predicted octanol–water partition coefficient (Wildman–Crippen LogP) is 2.22. The summed E-state index contributed by atoms with van der Waals surface area (Å²) in [4.78, 5) is 15.5. The first kappa shape index (κ1) is 12.0. The van der Waals surface area contributed by atoms with Gasteiger partial charge in [0, 0.05) is 12.7 Å². The molecule has 1 rings (SSSR count). The molecule has 15 heavy (non-hydrogen) atoms. The van der Waals surface area contributed by atoms with Gasteiger partial charge in [0.15, 0.2) is 0 Å². The Kier molecular flexibility index (Phi) is 5.12. The molecule has 0 spiro atoms. The second-order valence-electron chi connectivity index (χ2n) is 3.31. The Balaban J connectivity index is 2.37. The number of hydrogen-bond donors (Lipinski definition) is 1. The van der Waals surface area contributed by atoms with Gasteiger partial charge in [0.2, 0.25) is 0 Å². The van der Waals surface area contributed by atoms with Gasteiger partial charge in [-0.05, 0) is 18.6 Å². The van der Waals surface area contributed by atoms with E-state index in [9.17, 15) is 4.79 Å². The zero-order chi connectivity index (χ0) is 11.1. The van der Waals surface area contributed by atoms with Crippen LogP contribution in [0.2, 0.25) is 0 Å². The van der Waals surface area contributed by atoms with Crippen LogP contribution in [0.5, 0.6) is 0 Å². The Bertz CT molecular complexity index is 303. The first-order valence-corrected chi connectivity index (χ1v) is 5.51. The van der Waals surface area contributed by atoms with Crippen LogP contribution >= 0.6 is 11.6 Å². The van der Waals surface area contributed by atoms with Gasteiger partial charge in [0.1, 0.15) is 5.69 Å². The van der Waals surface area contributed by atoms with Crippen LogP contribution in [0.25, 0.3) is 0 Å². The van der Waals surface area contributed by atoms with Gasteiger partial charge in [0.05, 0.1) is 5.38 Å². The van der Waals surface area contributed by atoms with Gasteiger partial charge >= 0.3 is 0 Å². The highest BCUT2D eigenvalue weighted by atomic mass is 35.5. The maximum absolute atomic E-state index is 11.5. The molecule has 82 valence electrons. The number of alkyl halides is 1. The van der Waals surface area contributed by atoms with Crippen molar-refractivity contribution in [1.29, 1.82) is 0 Å². The number of hydrogen-bond acceptors (Lipinski definition) is 2. The Labute approximate surface area is 94.9 Å². The zero-order valence-electron chi connectivity index (χ0n) is 8.74. The second kappa shape index (κ2) is 6.40. The molecule has 0 radical (unpaired) electrons. The van der Waals surface area contributed by atoms with Crippen molar-refractivity contribution < 1.29 is 4.79 Å². The topological polar surface area (TPSA) is 42.0 Å². The van der Waals surface area contributed by atoms with Crippen molar-refractivity contribution in [3.05, 3.63) is 30.1 Å². The monoisotopic (exact) mass is 226 g/mol. The molecule has 1 amide bonds. The fourth-order valence-corrected chi connectivity index (χ4v) is 1.50. The molecule has 4 heteroatoms. The second-order valence-corrected chi connectivity index (χ2v) is 3.93. The average molecular weight is 227 g/mol. The quantitative estimate of drug-likeness (QED) is 0.783. The number of rotatable bonds is 5. The van der Waals surface area contributed by atoms with Gasteiger partial charge in [-0.2, -0.15) is 0 Å². The predicted molar refractivity (Wildman–Crippen MR) is 61.1 cm³/mol. The minimum absolute atomic E-state index is 0.00247. The van der Waals surface area contributed by atoms with Crippen molar-refractivity contribution in [3.8, 4) is 0 Å². The van der Waals surface area contributed by atoms with Gasteiger partial charge in [-0.25, -0.2) is 0 Å². The van der Waals surface area contributed by atoms with Crippen molar-refractivity contribution in [3.63, 3.8) is 0 Å². The molecule has 1 unspecified atom stereocenters. The lowest BCUT2D eigenvalue weighted by molar-refractivity contribution is 0.0948. The van der Waals surface area contributed by atoms with Gasteiger partial charge in [-0.3, -0.25) is 9.78 Å². The van der Waals surface area contributed by atoms with E-state index in [2.05, 4.69) is 17.2 Å². The summed E-state index contributed by atoms with van der Waals surface area (Å²) in [5, 5.41) is 2.75. The van der Waals surface area contributed by atoms with E-state index in [4.69, 9.17) is 11.6 Å². The summed E-state index contributed by atoms with van der Waals surface area (Å²) in [5.74, 6) is -0.169. The number of nitrogens with one attached hydrogen (secondary N) is 1. The molecule has 0 fully saturated rings. The lowest BCUT2D eigenvalue weighted by Gasteiger charge is -2.08. The maximum atomic E-state index is 11.5. The Morgan fingerprint density at radius 2 is 2.40 bits per heavy atom. The Hall–Kier alpha value is -1.09. The van der Waals surface area contributed by atoms with E-state index >= 15 is 0 Å². The highest BCUT2D eigenvalue weighted by Gasteiger charge is 2.08. The molecule has 3 nitrogen and oxygen atoms in total. The fraction of sp³-hybridized carbons (Fsp3) is 0.455. The summed E-state index contributed by atoms with van der Waals surface area (Å²) in [6, 6.07) is 5.24. The van der Waals surface area contributed by atoms with E-state index in [0.717, 1.165) is 12.8 Å².